The topological polar surface area (TPSA) is 35.5 Å². The van der Waals surface area contributed by atoms with Crippen LogP contribution in [0.5, 0.6) is 5.75 Å². The molecule has 1 heterocycles. The number of carbonyl (C=O) groups excluding carboxylic acids is 1. The highest BCUT2D eigenvalue weighted by Crippen LogP contribution is 2.38. The molecular formula is C12H11ClO3S. The largest absolute Gasteiger partial charge is 0.495 e. The third-order valence-corrected chi connectivity index (χ3v) is 3.75. The molecule has 5 heteroatoms. The Morgan fingerprint density at radius 3 is 2.88 bits per heavy atom. The predicted octanol–water partition coefficient (Wildman–Crippen LogP) is 3.74. The van der Waals surface area contributed by atoms with Gasteiger partial charge in [0.2, 0.25) is 0 Å². The molecular weight excluding hydrogens is 260 g/mol. The van der Waals surface area contributed by atoms with E-state index in [1.807, 2.05) is 0 Å². The van der Waals surface area contributed by atoms with Crippen LogP contribution in [-0.4, -0.2) is 19.7 Å². The molecule has 0 fully saturated rings. The minimum absolute atomic E-state index is 0.327. The van der Waals surface area contributed by atoms with Crippen LogP contribution >= 0.6 is 22.9 Å². The van der Waals surface area contributed by atoms with E-state index in [0.29, 0.717) is 22.3 Å². The van der Waals surface area contributed by atoms with Crippen molar-refractivity contribution >= 4 is 39.0 Å². The van der Waals surface area contributed by atoms with Crippen LogP contribution in [0.1, 0.15) is 16.6 Å². The second-order valence-corrected chi connectivity index (χ2v) is 4.78. The fourth-order valence-corrected chi connectivity index (χ4v) is 2.87. The number of thiophene rings is 1. The summed E-state index contributed by atoms with van der Waals surface area (Å²) in [4.78, 5) is 12.2. The molecule has 0 bridgehead atoms. The van der Waals surface area contributed by atoms with E-state index in [9.17, 15) is 4.79 Å². The fraction of sp³-hybridized carbons (Fsp3) is 0.250. The highest BCUT2D eigenvalue weighted by atomic mass is 35.5. The lowest BCUT2D eigenvalue weighted by Gasteiger charge is -2.01. The zero-order valence-corrected chi connectivity index (χ0v) is 11.0. The summed E-state index contributed by atoms with van der Waals surface area (Å²) in [5.41, 5.74) is 0. The maximum atomic E-state index is 11.6. The molecule has 0 saturated carbocycles. The normalized spacial score (nSPS) is 10.5. The van der Waals surface area contributed by atoms with E-state index in [2.05, 4.69) is 0 Å². The van der Waals surface area contributed by atoms with Gasteiger partial charge in [-0.15, -0.1) is 11.3 Å². The molecule has 0 N–H and O–H groups in total. The Morgan fingerprint density at radius 2 is 2.24 bits per heavy atom. The van der Waals surface area contributed by atoms with E-state index in [-0.39, 0.29) is 5.97 Å². The van der Waals surface area contributed by atoms with Crippen LogP contribution < -0.4 is 4.74 Å². The maximum Gasteiger partial charge on any atom is 0.348 e. The number of ether oxygens (including phenoxy) is 2. The molecule has 0 aliphatic carbocycles. The SMILES string of the molecule is CCOC(=O)c1cc2c(Cl)ccc(OC)c2s1. The summed E-state index contributed by atoms with van der Waals surface area (Å²) >= 11 is 7.41. The first-order chi connectivity index (χ1) is 8.17. The molecule has 0 aliphatic rings. The average molecular weight is 271 g/mol. The third kappa shape index (κ3) is 2.23. The quantitative estimate of drug-likeness (QED) is 0.797. The molecule has 0 aliphatic heterocycles. The van der Waals surface area contributed by atoms with Crippen LogP contribution in [0.25, 0.3) is 10.1 Å². The number of methoxy groups -OCH3 is 1. The summed E-state index contributed by atoms with van der Waals surface area (Å²) in [5, 5.41) is 1.42. The molecule has 0 atom stereocenters. The van der Waals surface area contributed by atoms with Crippen LogP contribution in [0.2, 0.25) is 5.02 Å². The van der Waals surface area contributed by atoms with Gasteiger partial charge in [-0.3, -0.25) is 0 Å². The maximum absolute atomic E-state index is 11.6. The number of fused-ring (bicyclic) bond motifs is 1. The Bertz CT molecular complexity index is 562. The van der Waals surface area contributed by atoms with Gasteiger partial charge in [0, 0.05) is 10.4 Å². The first-order valence-electron chi connectivity index (χ1n) is 5.10. The van der Waals surface area contributed by atoms with Crippen LogP contribution in [0.3, 0.4) is 0 Å². The summed E-state index contributed by atoms with van der Waals surface area (Å²) in [5.74, 6) is 0.386. The zero-order chi connectivity index (χ0) is 12.4. The molecule has 1 aromatic carbocycles. The van der Waals surface area contributed by atoms with Crippen molar-refractivity contribution < 1.29 is 14.3 Å². The Labute approximate surface area is 108 Å². The average Bonchev–Trinajstić information content (AvgIpc) is 2.76. The van der Waals surface area contributed by atoms with E-state index in [1.54, 1.807) is 32.2 Å². The van der Waals surface area contributed by atoms with Crippen molar-refractivity contribution in [2.75, 3.05) is 13.7 Å². The lowest BCUT2D eigenvalue weighted by Crippen LogP contribution is -2.01. The number of hydrogen-bond acceptors (Lipinski definition) is 4. The van der Waals surface area contributed by atoms with Crippen molar-refractivity contribution in [1.29, 1.82) is 0 Å². The third-order valence-electron chi connectivity index (χ3n) is 2.29. The summed E-state index contributed by atoms with van der Waals surface area (Å²) in [6, 6.07) is 5.28. The van der Waals surface area contributed by atoms with E-state index in [1.165, 1.54) is 11.3 Å². The van der Waals surface area contributed by atoms with Gasteiger partial charge >= 0.3 is 5.97 Å². The van der Waals surface area contributed by atoms with E-state index >= 15 is 0 Å². The van der Waals surface area contributed by atoms with Gasteiger partial charge in [-0.05, 0) is 25.1 Å². The van der Waals surface area contributed by atoms with E-state index in [4.69, 9.17) is 21.1 Å². The van der Waals surface area contributed by atoms with Crippen molar-refractivity contribution in [2.45, 2.75) is 6.92 Å². The molecule has 0 amide bonds. The summed E-state index contributed by atoms with van der Waals surface area (Å²) in [6.07, 6.45) is 0. The lowest BCUT2D eigenvalue weighted by molar-refractivity contribution is 0.0532. The van der Waals surface area contributed by atoms with Crippen LogP contribution in [-0.2, 0) is 4.74 Å². The smallest absolute Gasteiger partial charge is 0.348 e. The lowest BCUT2D eigenvalue weighted by atomic mass is 10.2. The van der Waals surface area contributed by atoms with Crippen molar-refractivity contribution in [3.8, 4) is 5.75 Å². The fourth-order valence-electron chi connectivity index (χ4n) is 1.53. The Hall–Kier alpha value is -1.26. The van der Waals surface area contributed by atoms with Gasteiger partial charge in [0.25, 0.3) is 0 Å². The number of hydrogen-bond donors (Lipinski definition) is 0. The predicted molar refractivity (Wildman–Crippen MR) is 69.3 cm³/mol. The molecule has 17 heavy (non-hydrogen) atoms. The van der Waals surface area contributed by atoms with E-state index in [0.717, 1.165) is 10.1 Å². The summed E-state index contributed by atoms with van der Waals surface area (Å²) in [6.45, 7) is 2.14. The molecule has 1 aromatic heterocycles. The summed E-state index contributed by atoms with van der Waals surface area (Å²) in [7, 11) is 1.59. The van der Waals surface area contributed by atoms with Gasteiger partial charge in [-0.25, -0.2) is 4.79 Å². The van der Waals surface area contributed by atoms with Gasteiger partial charge in [-0.1, -0.05) is 11.6 Å². The number of esters is 1. The van der Waals surface area contributed by atoms with Crippen molar-refractivity contribution in [1.82, 2.24) is 0 Å². The molecule has 0 spiro atoms. The van der Waals surface area contributed by atoms with Crippen LogP contribution in [0, 0.1) is 0 Å². The molecule has 0 radical (unpaired) electrons. The first-order valence-corrected chi connectivity index (χ1v) is 6.30. The van der Waals surface area contributed by atoms with Gasteiger partial charge in [0.05, 0.1) is 18.4 Å². The second-order valence-electron chi connectivity index (χ2n) is 3.32. The zero-order valence-electron chi connectivity index (χ0n) is 9.45. The van der Waals surface area contributed by atoms with Crippen LogP contribution in [0.4, 0.5) is 0 Å². The molecule has 3 nitrogen and oxygen atoms in total. The molecule has 90 valence electrons. The van der Waals surface area contributed by atoms with Gasteiger partial charge in [-0.2, -0.15) is 0 Å². The highest BCUT2D eigenvalue weighted by Gasteiger charge is 2.15. The molecule has 0 saturated heterocycles. The molecule has 2 aromatic rings. The Kier molecular flexibility index (Phi) is 3.54. The van der Waals surface area contributed by atoms with Crippen LogP contribution in [0.15, 0.2) is 18.2 Å². The highest BCUT2D eigenvalue weighted by molar-refractivity contribution is 7.21. The first kappa shape index (κ1) is 12.2. The van der Waals surface area contributed by atoms with E-state index < -0.39 is 0 Å². The van der Waals surface area contributed by atoms with Gasteiger partial charge in [0.15, 0.2) is 0 Å². The number of carbonyl (C=O) groups is 1. The standard InChI is InChI=1S/C12H11ClO3S/c1-3-16-12(14)10-6-7-8(13)4-5-9(15-2)11(7)17-10/h4-6H,3H2,1-2H3. The Morgan fingerprint density at radius 1 is 1.47 bits per heavy atom. The van der Waals surface area contributed by atoms with Crippen molar-refractivity contribution in [3.05, 3.63) is 28.1 Å². The van der Waals surface area contributed by atoms with Crippen molar-refractivity contribution in [2.24, 2.45) is 0 Å². The number of halogens is 1. The number of rotatable bonds is 3. The minimum atomic E-state index is -0.327. The van der Waals surface area contributed by atoms with Gasteiger partial charge < -0.3 is 9.47 Å². The summed E-state index contributed by atoms with van der Waals surface area (Å²) < 4.78 is 11.1. The molecule has 0 unspecified atom stereocenters. The van der Waals surface area contributed by atoms with Crippen molar-refractivity contribution in [3.63, 3.8) is 0 Å². The second kappa shape index (κ2) is 4.94. The minimum Gasteiger partial charge on any atom is -0.495 e. The Balaban J connectivity index is 2.56. The molecule has 2 rings (SSSR count). The van der Waals surface area contributed by atoms with Gasteiger partial charge in [0.1, 0.15) is 10.6 Å². The number of benzene rings is 1. The monoisotopic (exact) mass is 270 g/mol.